The van der Waals surface area contributed by atoms with Crippen LogP contribution in [0.1, 0.15) is 29.0 Å². The van der Waals surface area contributed by atoms with Gasteiger partial charge in [0.05, 0.1) is 14.9 Å². The number of thiophene rings is 1. The highest BCUT2D eigenvalue weighted by molar-refractivity contribution is 14.1. The second-order valence-electron chi connectivity index (χ2n) is 4.02. The fraction of sp³-hybridized carbons (Fsp3) is 0.286. The summed E-state index contributed by atoms with van der Waals surface area (Å²) in [6.07, 6.45) is 0. The number of rotatable bonds is 4. The Morgan fingerprint density at radius 1 is 1.39 bits per heavy atom. The summed E-state index contributed by atoms with van der Waals surface area (Å²) in [4.78, 5) is 0. The molecule has 0 aliphatic carbocycles. The normalized spacial score (nSPS) is 12.4. The smallest absolute Gasteiger partial charge is 0.124 e. The molecule has 1 atom stereocenters. The first kappa shape index (κ1) is 14.2. The van der Waals surface area contributed by atoms with Crippen molar-refractivity contribution in [3.8, 4) is 5.75 Å². The lowest BCUT2D eigenvalue weighted by Crippen LogP contribution is -2.00. The fourth-order valence-electron chi connectivity index (χ4n) is 1.79. The minimum absolute atomic E-state index is 0.147. The summed E-state index contributed by atoms with van der Waals surface area (Å²) in [5, 5.41) is 1.96. The molecule has 2 aromatic rings. The van der Waals surface area contributed by atoms with Crippen LogP contribution in [0.5, 0.6) is 5.75 Å². The molecule has 18 heavy (non-hydrogen) atoms. The Labute approximate surface area is 130 Å². The van der Waals surface area contributed by atoms with Gasteiger partial charge in [0.15, 0.2) is 0 Å². The zero-order chi connectivity index (χ0) is 13.1. The van der Waals surface area contributed by atoms with Crippen molar-refractivity contribution in [2.24, 2.45) is 0 Å². The SMILES string of the molecule is CCOc1ccc(C)cc1C(Cl)c1csc(I)c1. The number of ether oxygens (including phenoxy) is 1. The highest BCUT2D eigenvalue weighted by Gasteiger charge is 2.17. The van der Waals surface area contributed by atoms with E-state index in [2.05, 4.69) is 53.1 Å². The maximum Gasteiger partial charge on any atom is 0.124 e. The molecule has 0 fully saturated rings. The van der Waals surface area contributed by atoms with Crippen molar-refractivity contribution in [3.05, 3.63) is 49.2 Å². The number of aryl methyl sites for hydroxylation is 1. The molecule has 0 N–H and O–H groups in total. The maximum absolute atomic E-state index is 6.58. The lowest BCUT2D eigenvalue weighted by Gasteiger charge is -2.15. The molecule has 4 heteroatoms. The van der Waals surface area contributed by atoms with E-state index < -0.39 is 0 Å². The van der Waals surface area contributed by atoms with Crippen LogP contribution in [0.15, 0.2) is 29.6 Å². The van der Waals surface area contributed by atoms with E-state index in [9.17, 15) is 0 Å². The second-order valence-corrected chi connectivity index (χ2v) is 7.26. The van der Waals surface area contributed by atoms with E-state index in [0.717, 1.165) is 16.9 Å². The van der Waals surface area contributed by atoms with E-state index in [1.807, 2.05) is 13.0 Å². The largest absolute Gasteiger partial charge is 0.494 e. The lowest BCUT2D eigenvalue weighted by atomic mass is 10.0. The maximum atomic E-state index is 6.58. The average molecular weight is 393 g/mol. The molecular formula is C14H14ClIOS. The molecule has 0 aliphatic heterocycles. The predicted molar refractivity (Wildman–Crippen MR) is 87.1 cm³/mol. The van der Waals surface area contributed by atoms with Crippen molar-refractivity contribution in [1.82, 2.24) is 0 Å². The van der Waals surface area contributed by atoms with E-state index in [4.69, 9.17) is 16.3 Å². The molecule has 1 unspecified atom stereocenters. The van der Waals surface area contributed by atoms with Crippen LogP contribution in [0.4, 0.5) is 0 Å². The summed E-state index contributed by atoms with van der Waals surface area (Å²) in [6, 6.07) is 8.28. The summed E-state index contributed by atoms with van der Waals surface area (Å²) in [5.41, 5.74) is 3.38. The molecule has 0 spiro atoms. The van der Waals surface area contributed by atoms with Crippen molar-refractivity contribution < 1.29 is 4.74 Å². The quantitative estimate of drug-likeness (QED) is 0.501. The molecule has 0 saturated carbocycles. The Morgan fingerprint density at radius 2 is 2.17 bits per heavy atom. The third-order valence-corrected chi connectivity index (χ3v) is 4.91. The number of hydrogen-bond acceptors (Lipinski definition) is 2. The molecule has 0 bridgehead atoms. The summed E-state index contributed by atoms with van der Waals surface area (Å²) >= 11 is 10.6. The molecule has 96 valence electrons. The van der Waals surface area contributed by atoms with Gasteiger partial charge in [0, 0.05) is 5.56 Å². The van der Waals surface area contributed by atoms with Crippen LogP contribution >= 0.6 is 45.5 Å². The van der Waals surface area contributed by atoms with Crippen LogP contribution in [0.25, 0.3) is 0 Å². The van der Waals surface area contributed by atoms with E-state index in [-0.39, 0.29) is 5.38 Å². The number of hydrogen-bond donors (Lipinski definition) is 0. The molecule has 1 aromatic carbocycles. The highest BCUT2D eigenvalue weighted by atomic mass is 127. The average Bonchev–Trinajstić information content (AvgIpc) is 2.77. The molecule has 2 rings (SSSR count). The topological polar surface area (TPSA) is 9.23 Å². The van der Waals surface area contributed by atoms with Gasteiger partial charge >= 0.3 is 0 Å². The lowest BCUT2D eigenvalue weighted by molar-refractivity contribution is 0.337. The Bertz CT molecular complexity index is 538. The van der Waals surface area contributed by atoms with Crippen molar-refractivity contribution >= 4 is 45.5 Å². The third kappa shape index (κ3) is 3.19. The molecular weight excluding hydrogens is 379 g/mol. The first-order valence-electron chi connectivity index (χ1n) is 5.73. The molecule has 0 amide bonds. The van der Waals surface area contributed by atoms with Gasteiger partial charge in [-0.3, -0.25) is 0 Å². The van der Waals surface area contributed by atoms with Crippen LogP contribution in [-0.2, 0) is 0 Å². The summed E-state index contributed by atoms with van der Waals surface area (Å²) in [7, 11) is 0. The zero-order valence-electron chi connectivity index (χ0n) is 10.2. The zero-order valence-corrected chi connectivity index (χ0v) is 14.0. The van der Waals surface area contributed by atoms with Crippen molar-refractivity contribution in [2.45, 2.75) is 19.2 Å². The van der Waals surface area contributed by atoms with E-state index >= 15 is 0 Å². The minimum atomic E-state index is -0.147. The van der Waals surface area contributed by atoms with Gasteiger partial charge < -0.3 is 4.74 Å². The Kier molecular flexibility index (Phi) is 4.92. The number of halogens is 2. The van der Waals surface area contributed by atoms with Crippen LogP contribution in [0, 0.1) is 9.81 Å². The molecule has 1 heterocycles. The van der Waals surface area contributed by atoms with Crippen LogP contribution in [-0.4, -0.2) is 6.61 Å². The number of benzene rings is 1. The Balaban J connectivity index is 2.39. The predicted octanol–water partition coefficient (Wildman–Crippen LogP) is 5.39. The van der Waals surface area contributed by atoms with Gasteiger partial charge in [-0.2, -0.15) is 0 Å². The fourth-order valence-corrected chi connectivity index (χ4v) is 3.56. The van der Waals surface area contributed by atoms with Crippen LogP contribution in [0.2, 0.25) is 0 Å². The van der Waals surface area contributed by atoms with Gasteiger partial charge in [-0.15, -0.1) is 22.9 Å². The van der Waals surface area contributed by atoms with Gasteiger partial charge in [-0.05, 0) is 59.5 Å². The summed E-state index contributed by atoms with van der Waals surface area (Å²) in [5.74, 6) is 0.879. The third-order valence-electron chi connectivity index (χ3n) is 2.62. The first-order valence-corrected chi connectivity index (χ1v) is 8.12. The van der Waals surface area contributed by atoms with Crippen LogP contribution < -0.4 is 4.74 Å². The monoisotopic (exact) mass is 392 g/mol. The van der Waals surface area contributed by atoms with Gasteiger partial charge in [-0.25, -0.2) is 0 Å². The Hall–Kier alpha value is -0.260. The highest BCUT2D eigenvalue weighted by Crippen LogP contribution is 2.37. The summed E-state index contributed by atoms with van der Waals surface area (Å²) < 4.78 is 6.91. The number of alkyl halides is 1. The van der Waals surface area contributed by atoms with E-state index in [1.54, 1.807) is 11.3 Å². The second kappa shape index (κ2) is 6.26. The van der Waals surface area contributed by atoms with E-state index in [1.165, 1.54) is 8.45 Å². The first-order chi connectivity index (χ1) is 8.61. The minimum Gasteiger partial charge on any atom is -0.494 e. The molecule has 1 aromatic heterocycles. The van der Waals surface area contributed by atoms with Gasteiger partial charge in [0.25, 0.3) is 0 Å². The van der Waals surface area contributed by atoms with Crippen molar-refractivity contribution in [1.29, 1.82) is 0 Å². The van der Waals surface area contributed by atoms with E-state index in [0.29, 0.717) is 6.61 Å². The standard InChI is InChI=1S/C14H14ClIOS/c1-3-17-12-5-4-9(2)6-11(12)14(15)10-7-13(16)18-8-10/h4-8,14H,3H2,1-2H3. The Morgan fingerprint density at radius 3 is 2.78 bits per heavy atom. The molecule has 0 aliphatic rings. The summed E-state index contributed by atoms with van der Waals surface area (Å²) in [6.45, 7) is 4.71. The molecule has 0 saturated heterocycles. The van der Waals surface area contributed by atoms with Gasteiger partial charge in [0.1, 0.15) is 5.75 Å². The molecule has 0 radical (unpaired) electrons. The van der Waals surface area contributed by atoms with Crippen molar-refractivity contribution in [2.75, 3.05) is 6.61 Å². The molecule has 1 nitrogen and oxygen atoms in total. The van der Waals surface area contributed by atoms with Gasteiger partial charge in [0.2, 0.25) is 0 Å². The van der Waals surface area contributed by atoms with Gasteiger partial charge in [-0.1, -0.05) is 17.7 Å². The van der Waals surface area contributed by atoms with Crippen molar-refractivity contribution in [3.63, 3.8) is 0 Å². The van der Waals surface area contributed by atoms with Crippen LogP contribution in [0.3, 0.4) is 0 Å².